The Bertz CT molecular complexity index is 907. The van der Waals surface area contributed by atoms with Gasteiger partial charge in [-0.2, -0.15) is 0 Å². The molecule has 31 heavy (non-hydrogen) atoms. The first kappa shape index (κ1) is 21.6. The van der Waals surface area contributed by atoms with E-state index in [1.807, 2.05) is 17.7 Å². The molecule has 1 unspecified atom stereocenters. The molecule has 1 saturated heterocycles. The van der Waals surface area contributed by atoms with Crippen LogP contribution < -0.4 is 14.8 Å². The van der Waals surface area contributed by atoms with E-state index >= 15 is 0 Å². The van der Waals surface area contributed by atoms with Crippen molar-refractivity contribution in [3.05, 3.63) is 35.2 Å². The van der Waals surface area contributed by atoms with Gasteiger partial charge >= 0.3 is 0 Å². The molecule has 168 valence electrons. The molecular formula is C23H33N5O3. The molecule has 2 aliphatic rings. The van der Waals surface area contributed by atoms with E-state index in [0.29, 0.717) is 5.69 Å². The number of piperidine rings is 1. The van der Waals surface area contributed by atoms with E-state index < -0.39 is 0 Å². The number of aromatic nitrogens is 3. The number of rotatable bonds is 7. The van der Waals surface area contributed by atoms with Crippen molar-refractivity contribution in [1.29, 1.82) is 0 Å². The summed E-state index contributed by atoms with van der Waals surface area (Å²) >= 11 is 0. The maximum Gasteiger partial charge on any atom is 0.273 e. The van der Waals surface area contributed by atoms with E-state index in [1.54, 1.807) is 20.4 Å². The van der Waals surface area contributed by atoms with Gasteiger partial charge in [0.1, 0.15) is 11.5 Å². The second-order valence-electron chi connectivity index (χ2n) is 8.65. The summed E-state index contributed by atoms with van der Waals surface area (Å²) in [5.41, 5.74) is 2.58. The third kappa shape index (κ3) is 4.84. The minimum atomic E-state index is -0.107. The Morgan fingerprint density at radius 3 is 2.71 bits per heavy atom. The van der Waals surface area contributed by atoms with Crippen LogP contribution in [0.1, 0.15) is 66.2 Å². The molecule has 4 rings (SSSR count). The van der Waals surface area contributed by atoms with Crippen molar-refractivity contribution >= 4 is 5.91 Å². The number of methoxy groups -OCH3 is 2. The van der Waals surface area contributed by atoms with Crippen LogP contribution in [0.3, 0.4) is 0 Å². The van der Waals surface area contributed by atoms with Gasteiger partial charge in [0.15, 0.2) is 5.69 Å². The number of hydrogen-bond acceptors (Lipinski definition) is 6. The fraction of sp³-hybridized carbons (Fsp3) is 0.609. The molecule has 1 aliphatic heterocycles. The van der Waals surface area contributed by atoms with Crippen molar-refractivity contribution in [3.63, 3.8) is 0 Å². The lowest BCUT2D eigenvalue weighted by Gasteiger charge is -2.33. The van der Waals surface area contributed by atoms with Gasteiger partial charge in [0.2, 0.25) is 0 Å². The highest BCUT2D eigenvalue weighted by Crippen LogP contribution is 2.33. The number of nitrogens with one attached hydrogen (secondary N) is 1. The predicted molar refractivity (Wildman–Crippen MR) is 118 cm³/mol. The second kappa shape index (κ2) is 9.68. The van der Waals surface area contributed by atoms with Gasteiger partial charge in [-0.3, -0.25) is 9.69 Å². The van der Waals surface area contributed by atoms with Gasteiger partial charge in [-0.05, 0) is 45.2 Å². The third-order valence-corrected chi connectivity index (χ3v) is 6.54. The first-order valence-corrected chi connectivity index (χ1v) is 11.2. The lowest BCUT2D eigenvalue weighted by molar-refractivity contribution is 0.0932. The van der Waals surface area contributed by atoms with Crippen molar-refractivity contribution in [2.75, 3.05) is 27.3 Å². The molecule has 1 aromatic carbocycles. The molecule has 1 aliphatic carbocycles. The maximum atomic E-state index is 12.5. The van der Waals surface area contributed by atoms with Crippen LogP contribution in [0.15, 0.2) is 18.3 Å². The Morgan fingerprint density at radius 1 is 1.16 bits per heavy atom. The Labute approximate surface area is 183 Å². The highest BCUT2D eigenvalue weighted by molar-refractivity contribution is 5.92. The first-order valence-electron chi connectivity index (χ1n) is 11.2. The molecule has 2 heterocycles. The molecule has 1 aromatic heterocycles. The molecule has 2 aromatic rings. The van der Waals surface area contributed by atoms with Crippen molar-refractivity contribution in [2.45, 2.75) is 64.1 Å². The fourth-order valence-corrected chi connectivity index (χ4v) is 4.88. The fourth-order valence-electron chi connectivity index (χ4n) is 4.88. The molecule has 0 radical (unpaired) electrons. The smallest absolute Gasteiger partial charge is 0.273 e. The molecule has 8 nitrogen and oxygen atoms in total. The summed E-state index contributed by atoms with van der Waals surface area (Å²) in [5, 5.41) is 11.5. The molecule has 8 heteroatoms. The van der Waals surface area contributed by atoms with E-state index in [0.717, 1.165) is 67.9 Å². The highest BCUT2D eigenvalue weighted by Gasteiger charge is 2.25. The average Bonchev–Trinajstić information content (AvgIpc) is 3.47. The largest absolute Gasteiger partial charge is 0.496 e. The van der Waals surface area contributed by atoms with Crippen LogP contribution in [0.5, 0.6) is 11.5 Å². The summed E-state index contributed by atoms with van der Waals surface area (Å²) in [6, 6.07) is 4.57. The summed E-state index contributed by atoms with van der Waals surface area (Å²) in [6.07, 6.45) is 8.41. The van der Waals surface area contributed by atoms with Gasteiger partial charge in [0, 0.05) is 30.3 Å². The Kier molecular flexibility index (Phi) is 6.75. The quantitative estimate of drug-likeness (QED) is 0.731. The molecular weight excluding hydrogens is 394 g/mol. The Morgan fingerprint density at radius 2 is 1.97 bits per heavy atom. The first-order chi connectivity index (χ1) is 15.1. The number of nitrogens with zero attached hydrogens (tertiary/aromatic N) is 4. The summed E-state index contributed by atoms with van der Waals surface area (Å²) in [7, 11) is 3.38. The third-order valence-electron chi connectivity index (χ3n) is 6.54. The molecule has 1 N–H and O–H groups in total. The zero-order chi connectivity index (χ0) is 21.8. The van der Waals surface area contributed by atoms with E-state index in [2.05, 4.69) is 26.6 Å². The second-order valence-corrected chi connectivity index (χ2v) is 8.65. The number of ether oxygens (including phenoxy) is 2. The van der Waals surface area contributed by atoms with Gasteiger partial charge in [-0.1, -0.05) is 24.1 Å². The van der Waals surface area contributed by atoms with Crippen molar-refractivity contribution < 1.29 is 14.3 Å². The predicted octanol–water partition coefficient (Wildman–Crippen LogP) is 3.11. The van der Waals surface area contributed by atoms with Gasteiger partial charge in [-0.15, -0.1) is 5.10 Å². The van der Waals surface area contributed by atoms with Crippen LogP contribution >= 0.6 is 0 Å². The van der Waals surface area contributed by atoms with Crippen molar-refractivity contribution in [1.82, 2.24) is 25.2 Å². The van der Waals surface area contributed by atoms with Crippen LogP contribution in [-0.2, 0) is 6.54 Å². The standard InChI is InChI=1S/C23H33N5O3/c1-16-21(30-2)11-10-17(22(16)31-3)13-27-12-6-9-19(14-27)28-15-20(25-26-28)23(29)24-18-7-4-5-8-18/h10-11,15,18-19H,4-9,12-14H2,1-3H3,(H,24,29). The SMILES string of the molecule is COc1ccc(CN2CCCC(n3cc(C(=O)NC4CCCC4)nn3)C2)c(OC)c1C. The highest BCUT2D eigenvalue weighted by atomic mass is 16.5. The van der Waals surface area contributed by atoms with Crippen LogP contribution in [0, 0.1) is 6.92 Å². The maximum absolute atomic E-state index is 12.5. The van der Waals surface area contributed by atoms with Crippen LogP contribution in [-0.4, -0.2) is 59.2 Å². The zero-order valence-electron chi connectivity index (χ0n) is 18.8. The summed E-state index contributed by atoms with van der Waals surface area (Å²) in [6.45, 7) is 4.71. The number of benzene rings is 1. The average molecular weight is 428 g/mol. The number of carbonyl (C=O) groups is 1. The van der Waals surface area contributed by atoms with Crippen molar-refractivity contribution in [3.8, 4) is 11.5 Å². The number of carbonyl (C=O) groups excluding carboxylic acids is 1. The molecule has 0 bridgehead atoms. The molecule has 1 atom stereocenters. The molecule has 2 fully saturated rings. The lowest BCUT2D eigenvalue weighted by atomic mass is 10.0. The van der Waals surface area contributed by atoms with Gasteiger partial charge in [-0.25, -0.2) is 4.68 Å². The number of likely N-dealkylation sites (tertiary alicyclic amines) is 1. The Hall–Kier alpha value is -2.61. The topological polar surface area (TPSA) is 81.5 Å². The molecule has 1 saturated carbocycles. The summed E-state index contributed by atoms with van der Waals surface area (Å²) in [4.78, 5) is 14.9. The normalized spacial score (nSPS) is 20.0. The van der Waals surface area contributed by atoms with E-state index in [-0.39, 0.29) is 18.0 Å². The molecule has 0 spiro atoms. The van der Waals surface area contributed by atoms with Crippen LogP contribution in [0.2, 0.25) is 0 Å². The monoisotopic (exact) mass is 427 g/mol. The van der Waals surface area contributed by atoms with Gasteiger partial charge in [0.05, 0.1) is 26.5 Å². The van der Waals surface area contributed by atoms with Crippen LogP contribution in [0.25, 0.3) is 0 Å². The lowest BCUT2D eigenvalue weighted by Crippen LogP contribution is -2.36. The summed E-state index contributed by atoms with van der Waals surface area (Å²) < 4.78 is 13.0. The Balaban J connectivity index is 1.41. The van der Waals surface area contributed by atoms with Gasteiger partial charge in [0.25, 0.3) is 5.91 Å². The minimum absolute atomic E-state index is 0.107. The molecule has 1 amide bonds. The van der Waals surface area contributed by atoms with E-state index in [4.69, 9.17) is 9.47 Å². The van der Waals surface area contributed by atoms with Crippen LogP contribution in [0.4, 0.5) is 0 Å². The minimum Gasteiger partial charge on any atom is -0.496 e. The van der Waals surface area contributed by atoms with Crippen molar-refractivity contribution in [2.24, 2.45) is 0 Å². The number of amides is 1. The number of hydrogen-bond donors (Lipinski definition) is 1. The van der Waals surface area contributed by atoms with E-state index in [1.165, 1.54) is 12.8 Å². The summed E-state index contributed by atoms with van der Waals surface area (Å²) in [5.74, 6) is 1.61. The van der Waals surface area contributed by atoms with E-state index in [9.17, 15) is 4.79 Å². The zero-order valence-corrected chi connectivity index (χ0v) is 18.8. The van der Waals surface area contributed by atoms with Gasteiger partial charge < -0.3 is 14.8 Å².